The molecule has 2 aromatic rings. The lowest BCUT2D eigenvalue weighted by Crippen LogP contribution is -2.20. The number of fused-ring (bicyclic) bond motifs is 1. The predicted molar refractivity (Wildman–Crippen MR) is 70.7 cm³/mol. The van der Waals surface area contributed by atoms with Crippen LogP contribution in [0.25, 0.3) is 10.8 Å². The molecular formula is C14H14ClNO. The molecule has 0 N–H and O–H groups in total. The van der Waals surface area contributed by atoms with Gasteiger partial charge < -0.3 is 4.57 Å². The largest absolute Gasteiger partial charge is 0.311 e. The van der Waals surface area contributed by atoms with Gasteiger partial charge in [0.2, 0.25) is 0 Å². The van der Waals surface area contributed by atoms with Gasteiger partial charge in [0, 0.05) is 22.6 Å². The fourth-order valence-corrected chi connectivity index (χ4v) is 2.56. The van der Waals surface area contributed by atoms with E-state index in [0.717, 1.165) is 11.8 Å². The van der Waals surface area contributed by atoms with Gasteiger partial charge in [0.25, 0.3) is 5.56 Å². The molecule has 0 bridgehead atoms. The molecule has 2 nitrogen and oxygen atoms in total. The Bertz CT molecular complexity index is 657. The van der Waals surface area contributed by atoms with Gasteiger partial charge in [0.05, 0.1) is 0 Å². The molecule has 1 aliphatic rings. The number of hydrogen-bond acceptors (Lipinski definition) is 1. The SMILES string of the molecule is CC1(C)CC1n1ccc2ccc(Cl)cc2c1=O. The number of hydrogen-bond donors (Lipinski definition) is 0. The Morgan fingerprint density at radius 1 is 1.35 bits per heavy atom. The Morgan fingerprint density at radius 3 is 2.71 bits per heavy atom. The zero-order valence-electron chi connectivity index (χ0n) is 9.90. The third-order valence-electron chi connectivity index (χ3n) is 3.69. The third kappa shape index (κ3) is 1.67. The molecule has 3 rings (SSSR count). The van der Waals surface area contributed by atoms with Crippen molar-refractivity contribution in [1.29, 1.82) is 0 Å². The van der Waals surface area contributed by atoms with Crippen molar-refractivity contribution in [3.8, 4) is 0 Å². The Labute approximate surface area is 105 Å². The molecule has 1 saturated carbocycles. The molecule has 88 valence electrons. The van der Waals surface area contributed by atoms with Crippen LogP contribution < -0.4 is 5.56 Å². The van der Waals surface area contributed by atoms with E-state index in [1.807, 2.05) is 29.0 Å². The lowest BCUT2D eigenvalue weighted by molar-refractivity contribution is 0.533. The van der Waals surface area contributed by atoms with Crippen LogP contribution in [-0.4, -0.2) is 4.57 Å². The maximum atomic E-state index is 12.4. The van der Waals surface area contributed by atoms with E-state index in [-0.39, 0.29) is 11.0 Å². The second-order valence-electron chi connectivity index (χ2n) is 5.47. The van der Waals surface area contributed by atoms with Gasteiger partial charge >= 0.3 is 0 Å². The summed E-state index contributed by atoms with van der Waals surface area (Å²) in [5.41, 5.74) is 0.316. The monoisotopic (exact) mass is 247 g/mol. The highest BCUT2D eigenvalue weighted by atomic mass is 35.5. The number of pyridine rings is 1. The molecule has 17 heavy (non-hydrogen) atoms. The van der Waals surface area contributed by atoms with E-state index in [0.29, 0.717) is 16.5 Å². The summed E-state index contributed by atoms with van der Waals surface area (Å²) in [5, 5.41) is 2.28. The van der Waals surface area contributed by atoms with Crippen LogP contribution in [0.2, 0.25) is 5.02 Å². The van der Waals surface area contributed by atoms with Crippen molar-refractivity contribution < 1.29 is 0 Å². The number of aromatic nitrogens is 1. The van der Waals surface area contributed by atoms with Gasteiger partial charge in [-0.1, -0.05) is 31.5 Å². The second-order valence-corrected chi connectivity index (χ2v) is 5.90. The first-order valence-corrected chi connectivity index (χ1v) is 6.17. The second kappa shape index (κ2) is 3.36. The molecular weight excluding hydrogens is 234 g/mol. The predicted octanol–water partition coefficient (Wildman–Crippen LogP) is 3.63. The highest BCUT2D eigenvalue weighted by Gasteiger charge is 2.47. The summed E-state index contributed by atoms with van der Waals surface area (Å²) in [6.45, 7) is 4.37. The molecule has 1 fully saturated rings. The fourth-order valence-electron chi connectivity index (χ4n) is 2.39. The van der Waals surface area contributed by atoms with Gasteiger partial charge in [0.15, 0.2) is 0 Å². The first-order valence-electron chi connectivity index (χ1n) is 5.79. The minimum atomic E-state index is 0.0700. The van der Waals surface area contributed by atoms with Crippen LogP contribution in [0, 0.1) is 5.41 Å². The first kappa shape index (κ1) is 10.8. The molecule has 0 aliphatic heterocycles. The van der Waals surface area contributed by atoms with Crippen molar-refractivity contribution >= 4 is 22.4 Å². The molecule has 1 aliphatic carbocycles. The van der Waals surface area contributed by atoms with E-state index >= 15 is 0 Å². The molecule has 1 heterocycles. The normalized spacial score (nSPS) is 21.7. The molecule has 1 aromatic heterocycles. The first-order chi connectivity index (χ1) is 7.99. The number of benzene rings is 1. The van der Waals surface area contributed by atoms with E-state index in [1.54, 1.807) is 6.07 Å². The van der Waals surface area contributed by atoms with Crippen molar-refractivity contribution in [2.24, 2.45) is 5.41 Å². The highest BCUT2D eigenvalue weighted by Crippen LogP contribution is 2.54. The van der Waals surface area contributed by atoms with Crippen LogP contribution in [0.1, 0.15) is 26.3 Å². The minimum Gasteiger partial charge on any atom is -0.311 e. The maximum absolute atomic E-state index is 12.4. The van der Waals surface area contributed by atoms with Gasteiger partial charge in [-0.15, -0.1) is 0 Å². The molecule has 0 spiro atoms. The summed E-state index contributed by atoms with van der Waals surface area (Å²) < 4.78 is 1.85. The van der Waals surface area contributed by atoms with Crippen LogP contribution >= 0.6 is 11.6 Å². The summed E-state index contributed by atoms with van der Waals surface area (Å²) in [6, 6.07) is 7.78. The zero-order valence-corrected chi connectivity index (χ0v) is 10.7. The van der Waals surface area contributed by atoms with Crippen molar-refractivity contribution in [1.82, 2.24) is 4.57 Å². The van der Waals surface area contributed by atoms with E-state index in [4.69, 9.17) is 11.6 Å². The molecule has 1 unspecified atom stereocenters. The lowest BCUT2D eigenvalue weighted by atomic mass is 10.1. The average molecular weight is 248 g/mol. The van der Waals surface area contributed by atoms with E-state index < -0.39 is 0 Å². The Kier molecular flexibility index (Phi) is 2.14. The van der Waals surface area contributed by atoms with Crippen molar-refractivity contribution in [3.05, 3.63) is 45.8 Å². The highest BCUT2D eigenvalue weighted by molar-refractivity contribution is 6.31. The van der Waals surface area contributed by atoms with Gasteiger partial charge in [-0.3, -0.25) is 4.79 Å². The van der Waals surface area contributed by atoms with Crippen molar-refractivity contribution in [2.75, 3.05) is 0 Å². The Balaban J connectivity index is 2.23. The Hall–Kier alpha value is -1.28. The summed E-state index contributed by atoms with van der Waals surface area (Å²) in [5.74, 6) is 0. The third-order valence-corrected chi connectivity index (χ3v) is 3.93. The maximum Gasteiger partial charge on any atom is 0.258 e. The standard InChI is InChI=1S/C14H14ClNO/c1-14(2)8-12(14)16-6-5-9-3-4-10(15)7-11(9)13(16)17/h3-7,12H,8H2,1-2H3. The van der Waals surface area contributed by atoms with Crippen LogP contribution in [-0.2, 0) is 0 Å². The fraction of sp³-hybridized carbons (Fsp3) is 0.357. The molecule has 0 amide bonds. The Morgan fingerprint density at radius 2 is 2.06 bits per heavy atom. The average Bonchev–Trinajstić information content (AvgIpc) is 2.89. The van der Waals surface area contributed by atoms with E-state index in [9.17, 15) is 4.79 Å². The van der Waals surface area contributed by atoms with Gasteiger partial charge in [-0.2, -0.15) is 0 Å². The molecule has 0 radical (unpaired) electrons. The van der Waals surface area contributed by atoms with Crippen LogP contribution in [0.3, 0.4) is 0 Å². The van der Waals surface area contributed by atoms with Crippen LogP contribution in [0.4, 0.5) is 0 Å². The van der Waals surface area contributed by atoms with Crippen LogP contribution in [0.5, 0.6) is 0 Å². The minimum absolute atomic E-state index is 0.0700. The number of nitrogens with zero attached hydrogens (tertiary/aromatic N) is 1. The van der Waals surface area contributed by atoms with Gasteiger partial charge in [-0.25, -0.2) is 0 Å². The summed E-state index contributed by atoms with van der Waals surface area (Å²) in [6.07, 6.45) is 2.97. The van der Waals surface area contributed by atoms with Crippen LogP contribution in [0.15, 0.2) is 35.3 Å². The summed E-state index contributed by atoms with van der Waals surface area (Å²) in [4.78, 5) is 12.4. The lowest BCUT2D eigenvalue weighted by Gasteiger charge is -2.09. The smallest absolute Gasteiger partial charge is 0.258 e. The van der Waals surface area contributed by atoms with Crippen molar-refractivity contribution in [3.63, 3.8) is 0 Å². The van der Waals surface area contributed by atoms with E-state index in [2.05, 4.69) is 13.8 Å². The summed E-state index contributed by atoms with van der Waals surface area (Å²) in [7, 11) is 0. The zero-order chi connectivity index (χ0) is 12.2. The molecule has 0 saturated heterocycles. The molecule has 1 aromatic carbocycles. The van der Waals surface area contributed by atoms with E-state index in [1.165, 1.54) is 0 Å². The molecule has 1 atom stereocenters. The quantitative estimate of drug-likeness (QED) is 0.754. The summed E-state index contributed by atoms with van der Waals surface area (Å²) >= 11 is 5.95. The number of halogens is 1. The van der Waals surface area contributed by atoms with Gasteiger partial charge in [-0.05, 0) is 35.4 Å². The molecule has 3 heteroatoms. The van der Waals surface area contributed by atoms with Crippen molar-refractivity contribution in [2.45, 2.75) is 26.3 Å². The van der Waals surface area contributed by atoms with Gasteiger partial charge in [0.1, 0.15) is 0 Å². The number of rotatable bonds is 1. The topological polar surface area (TPSA) is 22.0 Å².